The van der Waals surface area contributed by atoms with E-state index in [1.165, 1.54) is 0 Å². The summed E-state index contributed by atoms with van der Waals surface area (Å²) in [7, 11) is 0. The van der Waals surface area contributed by atoms with Gasteiger partial charge >= 0.3 is 0 Å². The van der Waals surface area contributed by atoms with E-state index in [0.29, 0.717) is 30.8 Å². The van der Waals surface area contributed by atoms with E-state index in [2.05, 4.69) is 10.6 Å². The van der Waals surface area contributed by atoms with Gasteiger partial charge in [0.25, 0.3) is 11.8 Å². The van der Waals surface area contributed by atoms with Crippen LogP contribution in [0.2, 0.25) is 0 Å². The molecular formula is C23H27N3O3. The number of nitrogens with zero attached hydrogens (tertiary/aromatic N) is 1. The highest BCUT2D eigenvalue weighted by molar-refractivity contribution is 5.95. The van der Waals surface area contributed by atoms with Gasteiger partial charge in [-0.2, -0.15) is 0 Å². The Hall–Kier alpha value is -3.15. The molecule has 2 aromatic carbocycles. The van der Waals surface area contributed by atoms with Crippen LogP contribution >= 0.6 is 0 Å². The van der Waals surface area contributed by atoms with E-state index in [4.69, 9.17) is 0 Å². The summed E-state index contributed by atoms with van der Waals surface area (Å²) in [5.74, 6) is -0.217. The van der Waals surface area contributed by atoms with E-state index in [0.717, 1.165) is 18.4 Å². The van der Waals surface area contributed by atoms with E-state index >= 15 is 0 Å². The third-order valence-corrected chi connectivity index (χ3v) is 5.09. The largest absolute Gasteiger partial charge is 0.353 e. The maximum Gasteiger partial charge on any atom is 0.253 e. The summed E-state index contributed by atoms with van der Waals surface area (Å²) < 4.78 is 0. The quantitative estimate of drug-likeness (QED) is 0.792. The third kappa shape index (κ3) is 5.91. The molecule has 3 amide bonds. The number of nitrogens with one attached hydrogen (secondary N) is 2. The van der Waals surface area contributed by atoms with Crippen molar-refractivity contribution in [2.45, 2.75) is 32.2 Å². The second-order valence-corrected chi connectivity index (χ2v) is 7.38. The van der Waals surface area contributed by atoms with Gasteiger partial charge in [0, 0.05) is 43.2 Å². The van der Waals surface area contributed by atoms with Crippen molar-refractivity contribution < 1.29 is 14.4 Å². The van der Waals surface area contributed by atoms with Crippen LogP contribution in [0.4, 0.5) is 0 Å². The lowest BCUT2D eigenvalue weighted by molar-refractivity contribution is -0.121. The topological polar surface area (TPSA) is 78.5 Å². The van der Waals surface area contributed by atoms with Crippen LogP contribution in [0, 0.1) is 6.92 Å². The van der Waals surface area contributed by atoms with Gasteiger partial charge in [-0.1, -0.05) is 35.9 Å². The van der Waals surface area contributed by atoms with Crippen molar-refractivity contribution in [2.24, 2.45) is 0 Å². The third-order valence-electron chi connectivity index (χ3n) is 5.09. The predicted molar refractivity (Wildman–Crippen MR) is 112 cm³/mol. The molecule has 0 unspecified atom stereocenters. The molecule has 0 atom stereocenters. The molecule has 0 aliphatic carbocycles. The van der Waals surface area contributed by atoms with Crippen LogP contribution in [0.3, 0.4) is 0 Å². The fraction of sp³-hybridized carbons (Fsp3) is 0.348. The van der Waals surface area contributed by atoms with Crippen LogP contribution in [0.1, 0.15) is 45.5 Å². The molecule has 152 valence electrons. The standard InChI is InChI=1S/C23H27N3O3/c1-17-6-5-9-19(16-17)22(28)24-13-10-21(27)25-20-11-14-26(15-12-20)23(29)18-7-3-2-4-8-18/h2-9,16,20H,10-15H2,1H3,(H,24,28)(H,25,27). The number of amides is 3. The van der Waals surface area contributed by atoms with Gasteiger partial charge in [-0.05, 0) is 44.0 Å². The number of piperidine rings is 1. The fourth-order valence-corrected chi connectivity index (χ4v) is 3.47. The number of hydrogen-bond donors (Lipinski definition) is 2. The molecular weight excluding hydrogens is 366 g/mol. The smallest absolute Gasteiger partial charge is 0.253 e. The number of carbonyl (C=O) groups is 3. The van der Waals surface area contributed by atoms with Crippen LogP contribution in [0.15, 0.2) is 54.6 Å². The number of benzene rings is 2. The summed E-state index contributed by atoms with van der Waals surface area (Å²) in [6.07, 6.45) is 1.71. The van der Waals surface area contributed by atoms with Crippen LogP contribution < -0.4 is 10.6 Å². The van der Waals surface area contributed by atoms with E-state index in [1.807, 2.05) is 60.4 Å². The Morgan fingerprint density at radius 2 is 1.66 bits per heavy atom. The van der Waals surface area contributed by atoms with Crippen molar-refractivity contribution in [3.8, 4) is 0 Å². The highest BCUT2D eigenvalue weighted by Crippen LogP contribution is 2.14. The minimum atomic E-state index is -0.172. The lowest BCUT2D eigenvalue weighted by Crippen LogP contribution is -2.47. The summed E-state index contributed by atoms with van der Waals surface area (Å²) in [4.78, 5) is 38.6. The minimum Gasteiger partial charge on any atom is -0.353 e. The van der Waals surface area contributed by atoms with Gasteiger partial charge < -0.3 is 15.5 Å². The molecule has 3 rings (SSSR count). The number of likely N-dealkylation sites (tertiary alicyclic amines) is 1. The van der Waals surface area contributed by atoms with Crippen molar-refractivity contribution in [3.05, 3.63) is 71.3 Å². The molecule has 29 heavy (non-hydrogen) atoms. The van der Waals surface area contributed by atoms with Gasteiger partial charge in [-0.15, -0.1) is 0 Å². The number of rotatable bonds is 6. The summed E-state index contributed by atoms with van der Waals surface area (Å²) in [6.45, 7) is 3.48. The number of hydrogen-bond acceptors (Lipinski definition) is 3. The van der Waals surface area contributed by atoms with Crippen molar-refractivity contribution in [1.82, 2.24) is 15.5 Å². The van der Waals surface area contributed by atoms with Gasteiger partial charge in [0.2, 0.25) is 5.91 Å². The molecule has 0 bridgehead atoms. The predicted octanol–water partition coefficient (Wildman–Crippen LogP) is 2.54. The fourth-order valence-electron chi connectivity index (χ4n) is 3.47. The second kappa shape index (κ2) is 9.87. The van der Waals surface area contributed by atoms with E-state index in [1.54, 1.807) is 6.07 Å². The molecule has 1 aliphatic rings. The molecule has 1 aliphatic heterocycles. The summed E-state index contributed by atoms with van der Waals surface area (Å²) in [5, 5.41) is 5.79. The van der Waals surface area contributed by atoms with Crippen molar-refractivity contribution in [2.75, 3.05) is 19.6 Å². The highest BCUT2D eigenvalue weighted by atomic mass is 16.2. The van der Waals surface area contributed by atoms with Crippen LogP contribution in [0.25, 0.3) is 0 Å². The average Bonchev–Trinajstić information content (AvgIpc) is 2.74. The van der Waals surface area contributed by atoms with Crippen LogP contribution in [-0.2, 0) is 4.79 Å². The lowest BCUT2D eigenvalue weighted by Gasteiger charge is -2.32. The van der Waals surface area contributed by atoms with Crippen LogP contribution in [-0.4, -0.2) is 48.3 Å². The Morgan fingerprint density at radius 3 is 2.34 bits per heavy atom. The molecule has 1 fully saturated rings. The Morgan fingerprint density at radius 1 is 0.966 bits per heavy atom. The summed E-state index contributed by atoms with van der Waals surface area (Å²) >= 11 is 0. The van der Waals surface area contributed by atoms with Gasteiger partial charge in [-0.25, -0.2) is 0 Å². The molecule has 0 saturated carbocycles. The molecule has 0 spiro atoms. The van der Waals surface area contributed by atoms with Gasteiger partial charge in [0.05, 0.1) is 0 Å². The Balaban J connectivity index is 1.36. The van der Waals surface area contributed by atoms with Gasteiger partial charge in [-0.3, -0.25) is 14.4 Å². The second-order valence-electron chi connectivity index (χ2n) is 7.38. The number of aryl methyl sites for hydroxylation is 1. The SMILES string of the molecule is Cc1cccc(C(=O)NCCC(=O)NC2CCN(C(=O)c3ccccc3)CC2)c1. The maximum atomic E-state index is 12.5. The monoisotopic (exact) mass is 393 g/mol. The summed E-state index contributed by atoms with van der Waals surface area (Å²) in [5.41, 5.74) is 2.31. The van der Waals surface area contributed by atoms with Crippen molar-refractivity contribution in [3.63, 3.8) is 0 Å². The van der Waals surface area contributed by atoms with Crippen LogP contribution in [0.5, 0.6) is 0 Å². The zero-order chi connectivity index (χ0) is 20.6. The van der Waals surface area contributed by atoms with Gasteiger partial charge in [0.15, 0.2) is 0 Å². The minimum absolute atomic E-state index is 0.0363. The first-order valence-corrected chi connectivity index (χ1v) is 10.0. The Kier molecular flexibility index (Phi) is 7.00. The zero-order valence-electron chi connectivity index (χ0n) is 16.7. The molecule has 2 aromatic rings. The van der Waals surface area contributed by atoms with E-state index in [-0.39, 0.29) is 30.2 Å². The molecule has 1 saturated heterocycles. The molecule has 0 aromatic heterocycles. The van der Waals surface area contributed by atoms with E-state index < -0.39 is 0 Å². The Bertz CT molecular complexity index is 859. The molecule has 6 heteroatoms. The first kappa shape index (κ1) is 20.6. The zero-order valence-corrected chi connectivity index (χ0v) is 16.7. The molecule has 1 heterocycles. The first-order chi connectivity index (χ1) is 14.0. The van der Waals surface area contributed by atoms with Gasteiger partial charge in [0.1, 0.15) is 0 Å². The molecule has 6 nitrogen and oxygen atoms in total. The maximum absolute atomic E-state index is 12.5. The summed E-state index contributed by atoms with van der Waals surface area (Å²) in [6, 6.07) is 16.7. The molecule has 0 radical (unpaired) electrons. The molecule has 2 N–H and O–H groups in total. The highest BCUT2D eigenvalue weighted by Gasteiger charge is 2.24. The average molecular weight is 393 g/mol. The van der Waals surface area contributed by atoms with Crippen molar-refractivity contribution >= 4 is 17.7 Å². The lowest BCUT2D eigenvalue weighted by atomic mass is 10.0. The number of carbonyl (C=O) groups excluding carboxylic acids is 3. The Labute approximate surface area is 171 Å². The first-order valence-electron chi connectivity index (χ1n) is 10.0. The van der Waals surface area contributed by atoms with E-state index in [9.17, 15) is 14.4 Å². The van der Waals surface area contributed by atoms with Crippen molar-refractivity contribution in [1.29, 1.82) is 0 Å². The normalized spacial score (nSPS) is 14.3.